The van der Waals surface area contributed by atoms with Gasteiger partial charge in [0.15, 0.2) is 5.96 Å². The van der Waals surface area contributed by atoms with E-state index in [4.69, 9.17) is 11.6 Å². The summed E-state index contributed by atoms with van der Waals surface area (Å²) in [7, 11) is 1.76. The zero-order valence-corrected chi connectivity index (χ0v) is 11.5. The van der Waals surface area contributed by atoms with E-state index in [-0.39, 0.29) is 0 Å². The number of halogens is 1. The largest absolute Gasteiger partial charge is 0.356 e. The Morgan fingerprint density at radius 3 is 2.67 bits per heavy atom. The molecule has 0 saturated carbocycles. The first-order valence-corrected chi connectivity index (χ1v) is 6.44. The highest BCUT2D eigenvalue weighted by Gasteiger charge is 1.96. The molecule has 0 aliphatic carbocycles. The van der Waals surface area contributed by atoms with Crippen molar-refractivity contribution in [1.29, 1.82) is 0 Å². The van der Waals surface area contributed by atoms with Gasteiger partial charge in [0.2, 0.25) is 0 Å². The molecule has 0 saturated heterocycles. The van der Waals surface area contributed by atoms with Gasteiger partial charge in [-0.2, -0.15) is 0 Å². The van der Waals surface area contributed by atoms with Crippen molar-refractivity contribution in [2.75, 3.05) is 20.1 Å². The van der Waals surface area contributed by atoms with E-state index in [1.54, 1.807) is 13.1 Å². The minimum absolute atomic E-state index is 0.719. The second-order valence-electron chi connectivity index (χ2n) is 3.90. The molecule has 1 aromatic rings. The Balaban J connectivity index is 2.21. The first kappa shape index (κ1) is 14.6. The number of benzene rings is 1. The minimum atomic E-state index is 0.719. The molecule has 0 amide bonds. The van der Waals surface area contributed by atoms with Crippen molar-refractivity contribution >= 4 is 17.6 Å². The number of hydrogen-bond donors (Lipinski definition) is 2. The number of rotatable bonds is 6. The molecule has 1 aromatic carbocycles. The van der Waals surface area contributed by atoms with Crippen LogP contribution in [0.5, 0.6) is 0 Å². The predicted molar refractivity (Wildman–Crippen MR) is 79.3 cm³/mol. The lowest BCUT2D eigenvalue weighted by Gasteiger charge is -2.10. The number of hydrogen-bond acceptors (Lipinski definition) is 1. The third-order valence-corrected chi connectivity index (χ3v) is 2.74. The van der Waals surface area contributed by atoms with Gasteiger partial charge in [-0.25, -0.2) is 0 Å². The molecule has 0 bridgehead atoms. The average molecular weight is 266 g/mol. The Morgan fingerprint density at radius 2 is 2.06 bits per heavy atom. The Bertz CT molecular complexity index is 385. The molecule has 0 aliphatic rings. The highest BCUT2D eigenvalue weighted by Crippen LogP contribution is 2.10. The van der Waals surface area contributed by atoms with Crippen LogP contribution in [0.25, 0.3) is 0 Å². The van der Waals surface area contributed by atoms with Gasteiger partial charge < -0.3 is 10.6 Å². The summed E-state index contributed by atoms with van der Waals surface area (Å²) in [6, 6.07) is 7.98. The van der Waals surface area contributed by atoms with Crippen molar-refractivity contribution in [1.82, 2.24) is 10.6 Å². The van der Waals surface area contributed by atoms with Crippen molar-refractivity contribution in [3.8, 4) is 0 Å². The fraction of sp³-hybridized carbons (Fsp3) is 0.357. The molecule has 3 nitrogen and oxygen atoms in total. The van der Waals surface area contributed by atoms with Crippen LogP contribution in [0.3, 0.4) is 0 Å². The van der Waals surface area contributed by atoms with Crippen molar-refractivity contribution in [3.63, 3.8) is 0 Å². The summed E-state index contributed by atoms with van der Waals surface area (Å²) in [6.07, 6.45) is 3.89. The van der Waals surface area contributed by atoms with E-state index in [2.05, 4.69) is 34.3 Å². The van der Waals surface area contributed by atoms with Gasteiger partial charge in [0.25, 0.3) is 0 Å². The summed E-state index contributed by atoms with van der Waals surface area (Å²) in [6.45, 7) is 5.26. The molecule has 18 heavy (non-hydrogen) atoms. The normalized spacial score (nSPS) is 11.1. The molecule has 0 fully saturated rings. The average Bonchev–Trinajstić information content (AvgIpc) is 2.40. The van der Waals surface area contributed by atoms with Crippen LogP contribution in [0, 0.1) is 0 Å². The highest BCUT2D eigenvalue weighted by molar-refractivity contribution is 6.30. The van der Waals surface area contributed by atoms with Crippen molar-refractivity contribution in [3.05, 3.63) is 47.5 Å². The molecule has 1 rings (SSSR count). The number of nitrogens with zero attached hydrogens (tertiary/aromatic N) is 1. The van der Waals surface area contributed by atoms with Crippen LogP contribution in [-0.4, -0.2) is 26.1 Å². The maximum Gasteiger partial charge on any atom is 0.191 e. The van der Waals surface area contributed by atoms with Gasteiger partial charge in [0.1, 0.15) is 0 Å². The summed E-state index contributed by atoms with van der Waals surface area (Å²) in [5, 5.41) is 7.16. The van der Waals surface area contributed by atoms with Crippen molar-refractivity contribution in [2.45, 2.75) is 12.8 Å². The summed E-state index contributed by atoms with van der Waals surface area (Å²) in [5.74, 6) is 0.811. The Labute approximate surface area is 114 Å². The van der Waals surface area contributed by atoms with Gasteiger partial charge in [-0.05, 0) is 30.5 Å². The second-order valence-corrected chi connectivity index (χ2v) is 4.34. The number of aryl methyl sites for hydroxylation is 1. The highest BCUT2D eigenvalue weighted by atomic mass is 35.5. The molecular weight excluding hydrogens is 246 g/mol. The van der Waals surface area contributed by atoms with Crippen LogP contribution in [0.2, 0.25) is 5.02 Å². The van der Waals surface area contributed by atoms with E-state index < -0.39 is 0 Å². The van der Waals surface area contributed by atoms with E-state index in [1.807, 2.05) is 12.1 Å². The zero-order valence-electron chi connectivity index (χ0n) is 10.7. The van der Waals surface area contributed by atoms with Crippen LogP contribution < -0.4 is 10.6 Å². The molecular formula is C14H20ClN3. The molecule has 2 N–H and O–H groups in total. The summed E-state index contributed by atoms with van der Waals surface area (Å²) >= 11 is 5.84. The summed E-state index contributed by atoms with van der Waals surface area (Å²) in [4.78, 5) is 4.11. The van der Waals surface area contributed by atoms with Crippen molar-refractivity contribution < 1.29 is 0 Å². The number of aliphatic imine (C=N–C) groups is 1. The molecule has 0 spiro atoms. The van der Waals surface area contributed by atoms with E-state index in [0.717, 1.165) is 36.9 Å². The van der Waals surface area contributed by atoms with Crippen LogP contribution >= 0.6 is 11.6 Å². The van der Waals surface area contributed by atoms with Gasteiger partial charge in [0.05, 0.1) is 0 Å². The molecule has 4 heteroatoms. The van der Waals surface area contributed by atoms with Crippen molar-refractivity contribution in [2.24, 2.45) is 4.99 Å². The molecule has 0 atom stereocenters. The van der Waals surface area contributed by atoms with Gasteiger partial charge in [-0.15, -0.1) is 6.58 Å². The first-order valence-electron chi connectivity index (χ1n) is 6.06. The summed E-state index contributed by atoms with van der Waals surface area (Å²) in [5.41, 5.74) is 1.30. The fourth-order valence-corrected chi connectivity index (χ4v) is 1.67. The lowest BCUT2D eigenvalue weighted by molar-refractivity contribution is 0.753. The van der Waals surface area contributed by atoms with E-state index in [9.17, 15) is 0 Å². The third-order valence-electron chi connectivity index (χ3n) is 2.49. The first-order chi connectivity index (χ1) is 8.76. The van der Waals surface area contributed by atoms with Gasteiger partial charge >= 0.3 is 0 Å². The maximum atomic E-state index is 5.84. The Kier molecular flexibility index (Phi) is 6.96. The zero-order chi connectivity index (χ0) is 13.2. The number of guanidine groups is 1. The van der Waals surface area contributed by atoms with Crippen LogP contribution in [-0.2, 0) is 6.42 Å². The third kappa shape index (κ3) is 5.73. The molecule has 0 heterocycles. The quantitative estimate of drug-likeness (QED) is 0.359. The monoisotopic (exact) mass is 265 g/mol. The summed E-state index contributed by atoms with van der Waals surface area (Å²) < 4.78 is 0. The molecule has 0 radical (unpaired) electrons. The van der Waals surface area contributed by atoms with Gasteiger partial charge in [0, 0.05) is 25.2 Å². The molecule has 0 aromatic heterocycles. The van der Waals surface area contributed by atoms with Crippen LogP contribution in [0.15, 0.2) is 41.9 Å². The van der Waals surface area contributed by atoms with Crippen LogP contribution in [0.1, 0.15) is 12.0 Å². The lowest BCUT2D eigenvalue weighted by Crippen LogP contribution is -2.37. The smallest absolute Gasteiger partial charge is 0.191 e. The second kappa shape index (κ2) is 8.59. The lowest BCUT2D eigenvalue weighted by atomic mass is 10.1. The van der Waals surface area contributed by atoms with E-state index >= 15 is 0 Å². The minimum Gasteiger partial charge on any atom is -0.356 e. The topological polar surface area (TPSA) is 36.4 Å². The number of nitrogens with one attached hydrogen (secondary N) is 2. The van der Waals surface area contributed by atoms with Gasteiger partial charge in [-0.3, -0.25) is 4.99 Å². The Hall–Kier alpha value is -1.48. The maximum absolute atomic E-state index is 5.84. The standard InChI is InChI=1S/C14H20ClN3/c1-3-10-17-14(16-2)18-11-4-5-12-6-8-13(15)9-7-12/h3,6-9H,1,4-5,10-11H2,2H3,(H2,16,17,18). The van der Waals surface area contributed by atoms with E-state index in [1.165, 1.54) is 5.56 Å². The van der Waals surface area contributed by atoms with Gasteiger partial charge in [-0.1, -0.05) is 29.8 Å². The van der Waals surface area contributed by atoms with E-state index in [0.29, 0.717) is 0 Å². The molecule has 0 unspecified atom stereocenters. The molecule has 0 aliphatic heterocycles. The Morgan fingerprint density at radius 1 is 1.33 bits per heavy atom. The molecule has 98 valence electrons. The predicted octanol–water partition coefficient (Wildman–Crippen LogP) is 2.62. The fourth-order valence-electron chi connectivity index (χ4n) is 1.54. The SMILES string of the molecule is C=CCNC(=NC)NCCCc1ccc(Cl)cc1. The van der Waals surface area contributed by atoms with Crippen LogP contribution in [0.4, 0.5) is 0 Å².